The van der Waals surface area contributed by atoms with Crippen molar-refractivity contribution in [2.75, 3.05) is 7.11 Å². The minimum atomic E-state index is 0.139. The van der Waals surface area contributed by atoms with Crippen LogP contribution < -0.4 is 4.74 Å². The summed E-state index contributed by atoms with van der Waals surface area (Å²) in [4.78, 5) is 12.8. The van der Waals surface area contributed by atoms with E-state index in [0.29, 0.717) is 11.4 Å². The van der Waals surface area contributed by atoms with Gasteiger partial charge < -0.3 is 4.74 Å². The van der Waals surface area contributed by atoms with Gasteiger partial charge in [-0.25, -0.2) is 4.68 Å². The molecule has 3 aromatic rings. The number of hydrogen-bond donors (Lipinski definition) is 0. The molecule has 132 valence electrons. The van der Waals surface area contributed by atoms with Crippen molar-refractivity contribution in [2.24, 2.45) is 0 Å². The van der Waals surface area contributed by atoms with Crippen LogP contribution in [0.5, 0.6) is 5.75 Å². The van der Waals surface area contributed by atoms with E-state index in [1.165, 1.54) is 0 Å². The van der Waals surface area contributed by atoms with Gasteiger partial charge in [-0.3, -0.25) is 4.79 Å². The van der Waals surface area contributed by atoms with Gasteiger partial charge in [0.1, 0.15) is 5.75 Å². The number of aryl methyl sites for hydroxylation is 1. The predicted molar refractivity (Wildman–Crippen MR) is 102 cm³/mol. The minimum Gasteiger partial charge on any atom is -0.497 e. The first-order valence-corrected chi connectivity index (χ1v) is 8.96. The molecule has 1 unspecified atom stereocenters. The van der Waals surface area contributed by atoms with Crippen molar-refractivity contribution in [3.8, 4) is 11.4 Å². The van der Waals surface area contributed by atoms with E-state index in [1.807, 2.05) is 60.1 Å². The van der Waals surface area contributed by atoms with E-state index in [4.69, 9.17) is 16.3 Å². The van der Waals surface area contributed by atoms with Gasteiger partial charge in [0.25, 0.3) is 0 Å². The monoisotopic (exact) mass is 366 g/mol. The summed E-state index contributed by atoms with van der Waals surface area (Å²) in [5.74, 6) is 1.09. The summed E-state index contributed by atoms with van der Waals surface area (Å²) in [6, 6.07) is 15.5. The zero-order valence-corrected chi connectivity index (χ0v) is 15.5. The van der Waals surface area contributed by atoms with Crippen molar-refractivity contribution < 1.29 is 9.53 Å². The van der Waals surface area contributed by atoms with Crippen molar-refractivity contribution in [2.45, 2.75) is 25.7 Å². The Labute approximate surface area is 157 Å². The highest BCUT2D eigenvalue weighted by Crippen LogP contribution is 2.35. The van der Waals surface area contributed by atoms with Crippen molar-refractivity contribution >= 4 is 17.4 Å². The average Bonchev–Trinajstić information content (AvgIpc) is 2.99. The van der Waals surface area contributed by atoms with Gasteiger partial charge in [0.15, 0.2) is 5.78 Å². The quantitative estimate of drug-likeness (QED) is 0.671. The number of rotatable bonds is 3. The molecule has 0 aliphatic heterocycles. The van der Waals surface area contributed by atoms with Crippen molar-refractivity contribution in [1.29, 1.82) is 0 Å². The van der Waals surface area contributed by atoms with Gasteiger partial charge in [-0.05, 0) is 61.2 Å². The molecule has 1 aromatic heterocycles. The fraction of sp³-hybridized carbons (Fsp3) is 0.238. The molecule has 1 aliphatic rings. The van der Waals surface area contributed by atoms with Gasteiger partial charge in [-0.1, -0.05) is 23.7 Å². The third-order valence-electron chi connectivity index (χ3n) is 4.96. The van der Waals surface area contributed by atoms with Crippen LogP contribution in [-0.4, -0.2) is 22.7 Å². The van der Waals surface area contributed by atoms with Crippen molar-refractivity contribution in [1.82, 2.24) is 9.78 Å². The first kappa shape index (κ1) is 16.9. The molecule has 0 amide bonds. The van der Waals surface area contributed by atoms with Crippen LogP contribution >= 0.6 is 11.6 Å². The number of Topliss-reactive ketones (excluding diaryl/α,β-unsaturated/α-hetero) is 1. The molecule has 2 aromatic carbocycles. The largest absolute Gasteiger partial charge is 0.497 e. The van der Waals surface area contributed by atoms with Crippen molar-refractivity contribution in [3.63, 3.8) is 0 Å². The summed E-state index contributed by atoms with van der Waals surface area (Å²) in [5.41, 5.74) is 4.60. The number of benzene rings is 2. The lowest BCUT2D eigenvalue weighted by atomic mass is 9.81. The van der Waals surface area contributed by atoms with E-state index in [9.17, 15) is 4.79 Å². The molecule has 4 nitrogen and oxygen atoms in total. The van der Waals surface area contributed by atoms with Crippen LogP contribution in [0.4, 0.5) is 0 Å². The highest BCUT2D eigenvalue weighted by molar-refractivity contribution is 6.30. The number of carbonyl (C=O) groups is 1. The lowest BCUT2D eigenvalue weighted by molar-refractivity contribution is 0.0963. The number of fused-ring (bicyclic) bond motifs is 1. The summed E-state index contributed by atoms with van der Waals surface area (Å²) in [6.45, 7) is 1.90. The Kier molecular flexibility index (Phi) is 4.29. The molecule has 0 saturated carbocycles. The maximum Gasteiger partial charge on any atom is 0.167 e. The summed E-state index contributed by atoms with van der Waals surface area (Å²) in [7, 11) is 1.64. The lowest BCUT2D eigenvalue weighted by Crippen LogP contribution is -2.20. The number of nitrogens with zero attached hydrogens (tertiary/aromatic N) is 2. The van der Waals surface area contributed by atoms with Crippen LogP contribution in [0.25, 0.3) is 5.69 Å². The molecule has 0 bridgehead atoms. The normalized spacial score (nSPS) is 16.4. The van der Waals surface area contributed by atoms with E-state index < -0.39 is 0 Å². The van der Waals surface area contributed by atoms with Gasteiger partial charge in [0.2, 0.25) is 0 Å². The van der Waals surface area contributed by atoms with E-state index in [-0.39, 0.29) is 11.7 Å². The Hall–Kier alpha value is -2.59. The van der Waals surface area contributed by atoms with E-state index in [0.717, 1.165) is 40.4 Å². The Morgan fingerprint density at radius 1 is 1.08 bits per heavy atom. The third kappa shape index (κ3) is 2.90. The average molecular weight is 367 g/mol. The molecule has 0 radical (unpaired) electrons. The summed E-state index contributed by atoms with van der Waals surface area (Å²) < 4.78 is 7.12. The Balaban J connectivity index is 1.75. The standard InChI is InChI=1S/C21H19ClN2O2/c1-13-21-19(24(23-13)17-7-9-18(26-2)10-8-17)11-15(12-20(21)25)14-3-5-16(22)6-4-14/h3-10,15H,11-12H2,1-2H3. The minimum absolute atomic E-state index is 0.139. The van der Waals surface area contributed by atoms with Gasteiger partial charge in [-0.2, -0.15) is 5.10 Å². The second-order valence-electron chi connectivity index (χ2n) is 6.60. The zero-order chi connectivity index (χ0) is 18.3. The molecule has 5 heteroatoms. The SMILES string of the molecule is COc1ccc(-n2nc(C)c3c2CC(c2ccc(Cl)cc2)CC3=O)cc1. The summed E-state index contributed by atoms with van der Waals surface area (Å²) in [5, 5.41) is 5.35. The molecular weight excluding hydrogens is 348 g/mol. The van der Waals surface area contributed by atoms with Crippen LogP contribution in [-0.2, 0) is 6.42 Å². The molecule has 0 fully saturated rings. The van der Waals surface area contributed by atoms with E-state index >= 15 is 0 Å². The maximum atomic E-state index is 12.8. The molecule has 1 atom stereocenters. The number of ether oxygens (including phenoxy) is 1. The summed E-state index contributed by atoms with van der Waals surface area (Å²) >= 11 is 6.00. The van der Waals surface area contributed by atoms with E-state index in [2.05, 4.69) is 5.10 Å². The molecule has 1 aliphatic carbocycles. The zero-order valence-electron chi connectivity index (χ0n) is 14.7. The highest BCUT2D eigenvalue weighted by Gasteiger charge is 2.32. The van der Waals surface area contributed by atoms with Crippen LogP contribution in [0.2, 0.25) is 5.02 Å². The van der Waals surface area contributed by atoms with Crippen LogP contribution in [0.3, 0.4) is 0 Å². The second-order valence-corrected chi connectivity index (χ2v) is 7.03. The Morgan fingerprint density at radius 3 is 2.42 bits per heavy atom. The molecule has 26 heavy (non-hydrogen) atoms. The first-order chi connectivity index (χ1) is 12.6. The van der Waals surface area contributed by atoms with Crippen LogP contribution in [0.15, 0.2) is 48.5 Å². The number of hydrogen-bond acceptors (Lipinski definition) is 3. The molecule has 4 rings (SSSR count). The first-order valence-electron chi connectivity index (χ1n) is 8.58. The maximum absolute atomic E-state index is 12.8. The highest BCUT2D eigenvalue weighted by atomic mass is 35.5. The molecule has 0 saturated heterocycles. The van der Waals surface area contributed by atoms with Gasteiger partial charge in [-0.15, -0.1) is 0 Å². The van der Waals surface area contributed by atoms with Gasteiger partial charge in [0.05, 0.1) is 29.7 Å². The van der Waals surface area contributed by atoms with Crippen molar-refractivity contribution in [3.05, 3.63) is 76.1 Å². The smallest absolute Gasteiger partial charge is 0.167 e. The summed E-state index contributed by atoms with van der Waals surface area (Å²) in [6.07, 6.45) is 1.28. The van der Waals surface area contributed by atoms with Gasteiger partial charge >= 0.3 is 0 Å². The third-order valence-corrected chi connectivity index (χ3v) is 5.22. The van der Waals surface area contributed by atoms with Crippen LogP contribution in [0, 0.1) is 6.92 Å². The molecule has 0 spiro atoms. The van der Waals surface area contributed by atoms with Gasteiger partial charge in [0, 0.05) is 11.4 Å². The number of aromatic nitrogens is 2. The molecular formula is C21H19ClN2O2. The molecule has 0 N–H and O–H groups in total. The predicted octanol–water partition coefficient (Wildman–Crippen LogP) is 4.76. The molecule has 1 heterocycles. The number of methoxy groups -OCH3 is 1. The fourth-order valence-corrected chi connectivity index (χ4v) is 3.79. The van der Waals surface area contributed by atoms with E-state index in [1.54, 1.807) is 7.11 Å². The lowest BCUT2D eigenvalue weighted by Gasteiger charge is -2.23. The fourth-order valence-electron chi connectivity index (χ4n) is 3.67. The Morgan fingerprint density at radius 2 is 1.77 bits per heavy atom. The number of carbonyl (C=O) groups excluding carboxylic acids is 1. The Bertz CT molecular complexity index is 959. The number of ketones is 1. The number of halogens is 1. The topological polar surface area (TPSA) is 44.1 Å². The second kappa shape index (κ2) is 6.61. The van der Waals surface area contributed by atoms with Crippen LogP contribution in [0.1, 0.15) is 39.6 Å².